The largest absolute Gasteiger partial charge is 0.508 e. The Morgan fingerprint density at radius 2 is 1.46 bits per heavy atom. The van der Waals surface area contributed by atoms with Crippen LogP contribution in [0.4, 0.5) is 5.69 Å². The molecule has 0 aliphatic heterocycles. The molecule has 0 saturated carbocycles. The summed E-state index contributed by atoms with van der Waals surface area (Å²) in [6.45, 7) is 7.44. The molecule has 0 bridgehead atoms. The van der Waals surface area contributed by atoms with Gasteiger partial charge in [-0.15, -0.1) is 0 Å². The Kier molecular flexibility index (Phi) is 5.83. The van der Waals surface area contributed by atoms with Crippen LogP contribution in [0, 0.1) is 5.41 Å². The lowest BCUT2D eigenvalue weighted by Gasteiger charge is -2.25. The molecule has 0 fully saturated rings. The van der Waals surface area contributed by atoms with Gasteiger partial charge in [0.15, 0.2) is 0 Å². The van der Waals surface area contributed by atoms with Crippen LogP contribution in [0.5, 0.6) is 11.5 Å². The number of nitrogens with one attached hydrogen (secondary N) is 1. The highest BCUT2D eigenvalue weighted by Gasteiger charge is 2.28. The lowest BCUT2D eigenvalue weighted by Crippen LogP contribution is -2.30. The van der Waals surface area contributed by atoms with Crippen molar-refractivity contribution in [2.45, 2.75) is 33.1 Å². The maximum Gasteiger partial charge on any atom is 0.337 e. The van der Waals surface area contributed by atoms with Gasteiger partial charge in [0.2, 0.25) is 5.91 Å². The summed E-state index contributed by atoms with van der Waals surface area (Å²) in [5, 5.41) is 30.8. The van der Waals surface area contributed by atoms with E-state index in [0.29, 0.717) is 0 Å². The minimum Gasteiger partial charge on any atom is -0.508 e. The lowest BCUT2D eigenvalue weighted by atomic mass is 9.81. The number of phenols is 2. The summed E-state index contributed by atoms with van der Waals surface area (Å²) in [6, 6.07) is 10.6. The van der Waals surface area contributed by atoms with E-state index in [9.17, 15) is 24.9 Å². The molecule has 0 radical (unpaired) electrons. The zero-order chi connectivity index (χ0) is 21.1. The maximum atomic E-state index is 12.7. The third kappa shape index (κ3) is 4.91. The standard InChI is InChI=1S/C22H25NO5/c1-21(2,14-5-7-15(24)8-6-14)11-12-22(3,4)20(28)23-18-10-9-16(25)13-17(18)19(26)27/h5-13,24-25H,1-4H3,(H,23,28)(H,26,27)/b12-11+. The second-order valence-electron chi connectivity index (χ2n) is 7.81. The Labute approximate surface area is 164 Å². The van der Waals surface area contributed by atoms with Gasteiger partial charge in [-0.3, -0.25) is 4.79 Å². The van der Waals surface area contributed by atoms with Crippen LogP contribution in [0.25, 0.3) is 0 Å². The average Bonchev–Trinajstić information content (AvgIpc) is 2.62. The van der Waals surface area contributed by atoms with Gasteiger partial charge in [0.05, 0.1) is 16.7 Å². The van der Waals surface area contributed by atoms with Crippen molar-refractivity contribution in [1.29, 1.82) is 0 Å². The fourth-order valence-electron chi connectivity index (χ4n) is 2.58. The van der Waals surface area contributed by atoms with Crippen molar-refractivity contribution < 1.29 is 24.9 Å². The molecule has 0 spiro atoms. The number of aromatic hydroxyl groups is 2. The summed E-state index contributed by atoms with van der Waals surface area (Å²) in [5.74, 6) is -1.62. The summed E-state index contributed by atoms with van der Waals surface area (Å²) < 4.78 is 0. The second-order valence-corrected chi connectivity index (χ2v) is 7.81. The van der Waals surface area contributed by atoms with Gasteiger partial charge >= 0.3 is 5.97 Å². The second kappa shape index (κ2) is 7.76. The van der Waals surface area contributed by atoms with E-state index in [0.717, 1.165) is 11.6 Å². The Morgan fingerprint density at radius 3 is 2.04 bits per heavy atom. The predicted molar refractivity (Wildman–Crippen MR) is 108 cm³/mol. The van der Waals surface area contributed by atoms with Gasteiger partial charge in [-0.2, -0.15) is 0 Å². The first kappa shape index (κ1) is 21.0. The lowest BCUT2D eigenvalue weighted by molar-refractivity contribution is -0.121. The highest BCUT2D eigenvalue weighted by Crippen LogP contribution is 2.30. The number of benzene rings is 2. The molecule has 6 nitrogen and oxygen atoms in total. The van der Waals surface area contributed by atoms with Crippen LogP contribution in [-0.4, -0.2) is 27.2 Å². The number of hydrogen-bond acceptors (Lipinski definition) is 4. The van der Waals surface area contributed by atoms with Crippen molar-refractivity contribution in [2.24, 2.45) is 5.41 Å². The number of phenolic OH excluding ortho intramolecular Hbond substituents is 2. The molecule has 0 aliphatic carbocycles. The monoisotopic (exact) mass is 383 g/mol. The zero-order valence-electron chi connectivity index (χ0n) is 16.4. The molecule has 2 rings (SSSR count). The number of amides is 1. The summed E-state index contributed by atoms with van der Waals surface area (Å²) in [6.07, 6.45) is 3.68. The molecule has 0 aliphatic rings. The van der Waals surface area contributed by atoms with E-state index >= 15 is 0 Å². The number of carboxylic acid groups (broad SMARTS) is 1. The minimum atomic E-state index is -1.24. The van der Waals surface area contributed by atoms with Crippen LogP contribution in [0.3, 0.4) is 0 Å². The van der Waals surface area contributed by atoms with E-state index in [1.165, 1.54) is 12.1 Å². The van der Waals surface area contributed by atoms with Crippen LogP contribution in [-0.2, 0) is 10.2 Å². The summed E-state index contributed by atoms with van der Waals surface area (Å²) >= 11 is 0. The minimum absolute atomic E-state index is 0.120. The van der Waals surface area contributed by atoms with E-state index in [2.05, 4.69) is 5.32 Å². The van der Waals surface area contributed by atoms with Crippen LogP contribution < -0.4 is 5.32 Å². The van der Waals surface area contributed by atoms with Crippen LogP contribution in [0.15, 0.2) is 54.6 Å². The van der Waals surface area contributed by atoms with Gasteiger partial charge in [-0.25, -0.2) is 4.79 Å². The first-order valence-corrected chi connectivity index (χ1v) is 8.80. The average molecular weight is 383 g/mol. The van der Waals surface area contributed by atoms with Crippen molar-refractivity contribution in [3.63, 3.8) is 0 Å². The maximum absolute atomic E-state index is 12.7. The van der Waals surface area contributed by atoms with Crippen molar-refractivity contribution in [1.82, 2.24) is 0 Å². The fourth-order valence-corrected chi connectivity index (χ4v) is 2.58. The van der Waals surface area contributed by atoms with Gasteiger partial charge < -0.3 is 20.6 Å². The third-order valence-corrected chi connectivity index (χ3v) is 4.59. The van der Waals surface area contributed by atoms with Crippen LogP contribution in [0.2, 0.25) is 0 Å². The molecule has 6 heteroatoms. The first-order valence-electron chi connectivity index (χ1n) is 8.80. The molecule has 0 saturated heterocycles. The highest BCUT2D eigenvalue weighted by molar-refractivity contribution is 6.03. The molecule has 0 atom stereocenters. The topological polar surface area (TPSA) is 107 Å². The molecule has 28 heavy (non-hydrogen) atoms. The van der Waals surface area contributed by atoms with Crippen LogP contribution >= 0.6 is 0 Å². The van der Waals surface area contributed by atoms with Crippen molar-refractivity contribution in [3.05, 3.63) is 65.7 Å². The number of aromatic carboxylic acids is 1. The summed E-state index contributed by atoms with van der Waals surface area (Å²) in [5.41, 5.74) is -0.380. The van der Waals surface area contributed by atoms with E-state index in [1.54, 1.807) is 32.1 Å². The van der Waals surface area contributed by atoms with Gasteiger partial charge in [-0.05, 0) is 49.7 Å². The molecule has 2 aromatic carbocycles. The quantitative estimate of drug-likeness (QED) is 0.440. The predicted octanol–water partition coefficient (Wildman–Crippen LogP) is 4.29. The fraction of sp³-hybridized carbons (Fsp3) is 0.273. The molecular weight excluding hydrogens is 358 g/mol. The van der Waals surface area contributed by atoms with Crippen molar-refractivity contribution in [3.8, 4) is 11.5 Å². The van der Waals surface area contributed by atoms with Crippen molar-refractivity contribution in [2.75, 3.05) is 5.32 Å². The number of carbonyl (C=O) groups is 2. The smallest absolute Gasteiger partial charge is 0.337 e. The highest BCUT2D eigenvalue weighted by atomic mass is 16.4. The Morgan fingerprint density at radius 1 is 0.893 bits per heavy atom. The third-order valence-electron chi connectivity index (χ3n) is 4.59. The zero-order valence-corrected chi connectivity index (χ0v) is 16.4. The Bertz CT molecular complexity index is 911. The number of carbonyl (C=O) groups excluding carboxylic acids is 1. The normalized spacial score (nSPS) is 12.1. The molecule has 0 unspecified atom stereocenters. The van der Waals surface area contributed by atoms with Crippen LogP contribution in [0.1, 0.15) is 43.6 Å². The van der Waals surface area contributed by atoms with Crippen molar-refractivity contribution >= 4 is 17.6 Å². The SMILES string of the molecule is CC(C)(/C=C/C(C)(C)c1ccc(O)cc1)C(=O)Nc1ccc(O)cc1C(=O)O. The molecule has 0 aromatic heterocycles. The Balaban J connectivity index is 2.22. The summed E-state index contributed by atoms with van der Waals surface area (Å²) in [4.78, 5) is 24.1. The molecule has 0 heterocycles. The van der Waals surface area contributed by atoms with E-state index in [4.69, 9.17) is 0 Å². The van der Waals surface area contributed by atoms with Gasteiger partial charge in [0.25, 0.3) is 0 Å². The van der Waals surface area contributed by atoms with E-state index in [-0.39, 0.29) is 34.1 Å². The molecule has 148 valence electrons. The number of carboxylic acids is 1. The summed E-state index contributed by atoms with van der Waals surface area (Å²) in [7, 11) is 0. The number of allylic oxidation sites excluding steroid dienone is 1. The molecular formula is C22H25NO5. The van der Waals surface area contributed by atoms with Gasteiger partial charge in [0.1, 0.15) is 11.5 Å². The molecule has 4 N–H and O–H groups in total. The van der Waals surface area contributed by atoms with E-state index in [1.807, 2.05) is 32.1 Å². The Hall–Kier alpha value is -3.28. The van der Waals surface area contributed by atoms with E-state index < -0.39 is 11.4 Å². The number of anilines is 1. The number of rotatable bonds is 6. The van der Waals surface area contributed by atoms with Gasteiger partial charge in [0, 0.05) is 5.41 Å². The molecule has 2 aromatic rings. The first-order chi connectivity index (χ1) is 12.9. The molecule has 1 amide bonds. The van der Waals surface area contributed by atoms with Gasteiger partial charge in [-0.1, -0.05) is 38.1 Å². The number of hydrogen-bond donors (Lipinski definition) is 4.